The van der Waals surface area contributed by atoms with Gasteiger partial charge in [0.25, 0.3) is 0 Å². The first-order valence-electron chi connectivity index (χ1n) is 6.29. The van der Waals surface area contributed by atoms with Gasteiger partial charge >= 0.3 is 5.97 Å². The predicted octanol–water partition coefficient (Wildman–Crippen LogP) is 0.810. The Balaban J connectivity index is 1.94. The number of β-lactam (4-membered cyclic amide) rings is 1. The number of carbonyl (C=O) groups excluding carboxylic acids is 1. The van der Waals surface area contributed by atoms with Gasteiger partial charge in [0.2, 0.25) is 5.91 Å². The van der Waals surface area contributed by atoms with Crippen LogP contribution in [0.1, 0.15) is 5.56 Å². The molecule has 2 aliphatic rings. The number of thioether (sulfide) groups is 1. The molecule has 1 unspecified atom stereocenters. The Morgan fingerprint density at radius 1 is 1.40 bits per heavy atom. The van der Waals surface area contributed by atoms with Crippen molar-refractivity contribution < 1.29 is 14.7 Å². The van der Waals surface area contributed by atoms with Crippen LogP contribution in [0, 0.1) is 0 Å². The molecule has 3 N–H and O–H groups in total. The third kappa shape index (κ3) is 2.01. The molecule has 2 aliphatic heterocycles. The highest BCUT2D eigenvalue weighted by Crippen LogP contribution is 2.40. The topological polar surface area (TPSA) is 83.6 Å². The summed E-state index contributed by atoms with van der Waals surface area (Å²) in [6.45, 7) is 0. The summed E-state index contributed by atoms with van der Waals surface area (Å²) in [5.74, 6) is -0.759. The number of hydrogen-bond acceptors (Lipinski definition) is 4. The number of amides is 1. The molecule has 2 heterocycles. The fraction of sp³-hybridized carbons (Fsp3) is 0.286. The first-order valence-corrected chi connectivity index (χ1v) is 7.34. The molecule has 20 heavy (non-hydrogen) atoms. The van der Waals surface area contributed by atoms with Gasteiger partial charge in [-0.2, -0.15) is 0 Å². The fourth-order valence-electron chi connectivity index (χ4n) is 2.56. The van der Waals surface area contributed by atoms with E-state index in [4.69, 9.17) is 5.73 Å². The molecule has 0 radical (unpaired) electrons. The van der Waals surface area contributed by atoms with Gasteiger partial charge in [-0.15, -0.1) is 11.8 Å². The predicted molar refractivity (Wildman–Crippen MR) is 75.9 cm³/mol. The number of rotatable bonds is 3. The molecule has 3 rings (SSSR count). The lowest BCUT2D eigenvalue weighted by Gasteiger charge is -2.48. The van der Waals surface area contributed by atoms with Gasteiger partial charge in [0.15, 0.2) is 0 Å². The van der Waals surface area contributed by atoms with E-state index in [0.29, 0.717) is 12.2 Å². The highest BCUT2D eigenvalue weighted by molar-refractivity contribution is 8.00. The molecule has 0 bridgehead atoms. The largest absolute Gasteiger partial charge is 0.477 e. The van der Waals surface area contributed by atoms with Crippen LogP contribution in [0.5, 0.6) is 0 Å². The van der Waals surface area contributed by atoms with E-state index >= 15 is 0 Å². The van der Waals surface area contributed by atoms with E-state index < -0.39 is 12.0 Å². The van der Waals surface area contributed by atoms with Gasteiger partial charge in [-0.25, -0.2) is 4.79 Å². The Hall–Kier alpha value is -1.79. The number of carbonyl (C=O) groups is 2. The highest BCUT2D eigenvalue weighted by atomic mass is 32.2. The van der Waals surface area contributed by atoms with Crippen molar-refractivity contribution >= 4 is 23.6 Å². The molecule has 1 fully saturated rings. The van der Waals surface area contributed by atoms with E-state index in [0.717, 1.165) is 11.1 Å². The number of carboxylic acids is 1. The van der Waals surface area contributed by atoms with E-state index in [-0.39, 0.29) is 17.0 Å². The van der Waals surface area contributed by atoms with Crippen LogP contribution in [0.4, 0.5) is 0 Å². The summed E-state index contributed by atoms with van der Waals surface area (Å²) < 4.78 is 0. The summed E-state index contributed by atoms with van der Waals surface area (Å²) in [6.07, 6.45) is 0.543. The van der Waals surface area contributed by atoms with E-state index in [9.17, 15) is 14.7 Å². The van der Waals surface area contributed by atoms with Gasteiger partial charge in [0, 0.05) is 5.75 Å². The van der Waals surface area contributed by atoms with Gasteiger partial charge in [0.1, 0.15) is 17.1 Å². The first-order chi connectivity index (χ1) is 9.59. The summed E-state index contributed by atoms with van der Waals surface area (Å²) in [7, 11) is 0. The van der Waals surface area contributed by atoms with Crippen LogP contribution in [0.3, 0.4) is 0 Å². The molecule has 6 heteroatoms. The zero-order valence-corrected chi connectivity index (χ0v) is 11.5. The van der Waals surface area contributed by atoms with E-state index in [1.54, 1.807) is 0 Å². The molecule has 1 amide bonds. The third-order valence-corrected chi connectivity index (χ3v) is 4.91. The molecule has 0 aliphatic carbocycles. The summed E-state index contributed by atoms with van der Waals surface area (Å²) in [5.41, 5.74) is 7.63. The maximum Gasteiger partial charge on any atom is 0.352 e. The zero-order valence-electron chi connectivity index (χ0n) is 10.7. The van der Waals surface area contributed by atoms with Crippen molar-refractivity contribution in [3.63, 3.8) is 0 Å². The van der Waals surface area contributed by atoms with Crippen LogP contribution in [0.2, 0.25) is 0 Å². The third-order valence-electron chi connectivity index (χ3n) is 3.55. The van der Waals surface area contributed by atoms with E-state index in [2.05, 4.69) is 0 Å². The lowest BCUT2D eigenvalue weighted by Crippen LogP contribution is -2.68. The number of nitrogens with zero attached hydrogens (tertiary/aromatic N) is 1. The number of carboxylic acid groups (broad SMARTS) is 1. The Morgan fingerprint density at radius 3 is 2.75 bits per heavy atom. The van der Waals surface area contributed by atoms with E-state index in [1.165, 1.54) is 16.7 Å². The molecule has 2 atom stereocenters. The average molecular weight is 290 g/mol. The molecule has 0 spiro atoms. The van der Waals surface area contributed by atoms with Crippen molar-refractivity contribution in [1.29, 1.82) is 0 Å². The van der Waals surface area contributed by atoms with Crippen LogP contribution in [-0.4, -0.2) is 39.1 Å². The maximum absolute atomic E-state index is 11.8. The second-order valence-corrected chi connectivity index (χ2v) is 5.96. The number of nitrogens with two attached hydrogens (primary N) is 1. The fourth-order valence-corrected chi connectivity index (χ4v) is 3.85. The minimum atomic E-state index is -1.05. The number of fused-ring (bicyclic) bond motifs is 1. The minimum absolute atomic E-state index is 0.115. The number of hydrogen-bond donors (Lipinski definition) is 2. The highest BCUT2D eigenvalue weighted by Gasteiger charge is 2.51. The lowest BCUT2D eigenvalue weighted by atomic mass is 9.99. The minimum Gasteiger partial charge on any atom is -0.477 e. The molecule has 0 saturated carbocycles. The summed E-state index contributed by atoms with van der Waals surface area (Å²) in [5, 5.41) is 9.18. The lowest BCUT2D eigenvalue weighted by molar-refractivity contribution is -0.148. The Labute approximate surface area is 120 Å². The first kappa shape index (κ1) is 13.2. The van der Waals surface area contributed by atoms with Gasteiger partial charge in [-0.3, -0.25) is 9.69 Å². The Kier molecular flexibility index (Phi) is 3.27. The van der Waals surface area contributed by atoms with Crippen molar-refractivity contribution in [2.75, 3.05) is 5.75 Å². The van der Waals surface area contributed by atoms with Crippen molar-refractivity contribution in [1.82, 2.24) is 4.90 Å². The maximum atomic E-state index is 11.8. The monoisotopic (exact) mass is 290 g/mol. The number of benzene rings is 1. The quantitative estimate of drug-likeness (QED) is 0.805. The molecule has 5 nitrogen and oxygen atoms in total. The van der Waals surface area contributed by atoms with Crippen LogP contribution >= 0.6 is 11.8 Å². The zero-order chi connectivity index (χ0) is 14.3. The summed E-state index contributed by atoms with van der Waals surface area (Å²) in [6, 6.07) is 9.08. The molecular weight excluding hydrogens is 276 g/mol. The Bertz CT molecular complexity index is 600. The molecule has 0 aromatic heterocycles. The average Bonchev–Trinajstić information content (AvgIpc) is 2.46. The summed E-state index contributed by atoms with van der Waals surface area (Å²) in [4.78, 5) is 24.6. The van der Waals surface area contributed by atoms with Gasteiger partial charge in [-0.05, 0) is 17.6 Å². The Morgan fingerprint density at radius 2 is 2.10 bits per heavy atom. The smallest absolute Gasteiger partial charge is 0.352 e. The SMILES string of the molecule is NC1C(=O)N2C(C(=O)O)=C(Cc3ccccc3)CS[C@H]12. The van der Waals surface area contributed by atoms with Gasteiger partial charge in [-0.1, -0.05) is 30.3 Å². The van der Waals surface area contributed by atoms with E-state index in [1.807, 2.05) is 30.3 Å². The molecule has 1 aromatic carbocycles. The normalized spacial score (nSPS) is 25.2. The van der Waals surface area contributed by atoms with Crippen molar-refractivity contribution in [2.45, 2.75) is 17.8 Å². The molecule has 104 valence electrons. The van der Waals surface area contributed by atoms with Crippen LogP contribution < -0.4 is 5.73 Å². The molecule has 1 saturated heterocycles. The van der Waals surface area contributed by atoms with Crippen molar-refractivity contribution in [3.8, 4) is 0 Å². The van der Waals surface area contributed by atoms with Crippen molar-refractivity contribution in [2.24, 2.45) is 5.73 Å². The van der Waals surface area contributed by atoms with Crippen LogP contribution in [-0.2, 0) is 16.0 Å². The van der Waals surface area contributed by atoms with Crippen LogP contribution in [0.25, 0.3) is 0 Å². The molecular formula is C14H14N2O3S. The summed E-state index contributed by atoms with van der Waals surface area (Å²) >= 11 is 1.53. The number of aliphatic carboxylic acids is 1. The van der Waals surface area contributed by atoms with Crippen molar-refractivity contribution in [3.05, 3.63) is 47.2 Å². The second-order valence-electron chi connectivity index (χ2n) is 4.86. The van der Waals surface area contributed by atoms with Crippen LogP contribution in [0.15, 0.2) is 41.6 Å². The van der Waals surface area contributed by atoms with Gasteiger partial charge in [0.05, 0.1) is 0 Å². The molecule has 1 aromatic rings. The standard InChI is InChI=1S/C14H14N2O3S/c15-10-12(17)16-11(14(18)19)9(7-20-13(10)16)6-8-4-2-1-3-5-8/h1-5,10,13H,6-7,15H2,(H,18,19)/t10?,13-/m1/s1. The second kappa shape index (κ2) is 4.96. The van der Waals surface area contributed by atoms with Gasteiger partial charge < -0.3 is 10.8 Å².